The van der Waals surface area contributed by atoms with Gasteiger partial charge in [0.1, 0.15) is 11.2 Å². The normalized spacial score (nSPS) is 14.2. The van der Waals surface area contributed by atoms with Crippen molar-refractivity contribution in [2.45, 2.75) is 11.8 Å². The van der Waals surface area contributed by atoms with Gasteiger partial charge in [-0.2, -0.15) is 0 Å². The molecular weight excluding hydrogens is 1090 g/mol. The highest BCUT2D eigenvalue weighted by Gasteiger charge is 2.49. The molecule has 4 heteroatoms. The zero-order valence-corrected chi connectivity index (χ0v) is 49.3. The molecular formula is C86H58N2O2. The van der Waals surface area contributed by atoms with Crippen LogP contribution in [0.15, 0.2) is 343 Å². The fourth-order valence-corrected chi connectivity index (χ4v) is 14.5. The zero-order chi connectivity index (χ0) is 59.7. The Morgan fingerprint density at radius 2 is 0.800 bits per heavy atom. The lowest BCUT2D eigenvalue weighted by Crippen LogP contribution is -2.29. The molecule has 0 radical (unpaired) electrons. The maximum atomic E-state index is 7.16. The summed E-state index contributed by atoms with van der Waals surface area (Å²) in [5.41, 5.74) is 23.3. The second-order valence-corrected chi connectivity index (χ2v) is 23.5. The van der Waals surface area contributed by atoms with Gasteiger partial charge in [0, 0.05) is 55.4 Å². The van der Waals surface area contributed by atoms with Crippen molar-refractivity contribution in [3.63, 3.8) is 0 Å². The van der Waals surface area contributed by atoms with Gasteiger partial charge >= 0.3 is 0 Å². The highest BCUT2D eigenvalue weighted by Crippen LogP contribution is 2.61. The van der Waals surface area contributed by atoms with Crippen LogP contribution in [0.2, 0.25) is 0 Å². The minimum absolute atomic E-state index is 0.704. The summed E-state index contributed by atoms with van der Waals surface area (Å²) in [6.07, 6.45) is 9.52. The van der Waals surface area contributed by atoms with E-state index in [0.29, 0.717) is 6.42 Å². The van der Waals surface area contributed by atoms with Gasteiger partial charge in [-0.15, -0.1) is 0 Å². The van der Waals surface area contributed by atoms with Crippen molar-refractivity contribution < 1.29 is 8.83 Å². The van der Waals surface area contributed by atoms with E-state index in [-0.39, 0.29) is 0 Å². The van der Waals surface area contributed by atoms with Crippen LogP contribution in [0.3, 0.4) is 0 Å². The monoisotopic (exact) mass is 1150 g/mol. The zero-order valence-electron chi connectivity index (χ0n) is 49.3. The summed E-state index contributed by atoms with van der Waals surface area (Å²) in [5.74, 6) is 0. The van der Waals surface area contributed by atoms with Crippen LogP contribution >= 0.6 is 0 Å². The quantitative estimate of drug-likeness (QED) is 0.137. The van der Waals surface area contributed by atoms with Gasteiger partial charge in [-0.05, 0) is 151 Å². The third-order valence-corrected chi connectivity index (χ3v) is 18.5. The molecule has 424 valence electrons. The van der Waals surface area contributed by atoms with Gasteiger partial charge in [-0.3, -0.25) is 0 Å². The second-order valence-electron chi connectivity index (χ2n) is 23.5. The van der Waals surface area contributed by atoms with Crippen LogP contribution in [0.1, 0.15) is 39.8 Å². The van der Waals surface area contributed by atoms with E-state index < -0.39 is 5.41 Å². The molecule has 0 aliphatic heterocycles. The molecule has 0 saturated carbocycles. The molecule has 0 bridgehead atoms. The maximum Gasteiger partial charge on any atom is 0.159 e. The van der Waals surface area contributed by atoms with Crippen molar-refractivity contribution in [3.05, 3.63) is 368 Å². The number of hydrogen-bond donors (Lipinski definition) is 0. The fourth-order valence-electron chi connectivity index (χ4n) is 14.5. The van der Waals surface area contributed by atoms with E-state index in [1.807, 2.05) is 0 Å². The smallest absolute Gasteiger partial charge is 0.159 e. The van der Waals surface area contributed by atoms with Crippen molar-refractivity contribution in [1.29, 1.82) is 0 Å². The SMILES string of the molecule is C=C1/C=C\C=C/CC2=C(c3ccc(N(c4ccccc4)c4cccc5c4oc4c(-c6ccccc6)cccc45)cc31)C(c1ccccc1)(c1ccccc1)c1cc3cc(N(c4ccccc4)c4cccc5c4oc4c(-c6ccccc6)cccc45)ccc3cc12. The van der Waals surface area contributed by atoms with Gasteiger partial charge in [0.2, 0.25) is 0 Å². The third kappa shape index (κ3) is 8.44. The van der Waals surface area contributed by atoms with Gasteiger partial charge in [-0.1, -0.05) is 261 Å². The Morgan fingerprint density at radius 3 is 1.33 bits per heavy atom. The van der Waals surface area contributed by atoms with Crippen LogP contribution in [-0.2, 0) is 5.41 Å². The molecule has 0 fully saturated rings. The van der Waals surface area contributed by atoms with Crippen molar-refractivity contribution in [2.75, 3.05) is 9.80 Å². The Labute approximate surface area is 522 Å². The van der Waals surface area contributed by atoms with Crippen LogP contribution in [0.5, 0.6) is 0 Å². The molecule has 0 saturated heterocycles. The van der Waals surface area contributed by atoms with E-state index in [1.165, 1.54) is 33.4 Å². The van der Waals surface area contributed by atoms with Gasteiger partial charge in [0.25, 0.3) is 0 Å². The lowest BCUT2D eigenvalue weighted by molar-refractivity contribution is 0.670. The predicted molar refractivity (Wildman–Crippen MR) is 377 cm³/mol. The second kappa shape index (κ2) is 21.6. The average molecular weight is 1150 g/mol. The van der Waals surface area contributed by atoms with E-state index >= 15 is 0 Å². The van der Waals surface area contributed by atoms with E-state index in [1.54, 1.807) is 0 Å². The van der Waals surface area contributed by atoms with Crippen LogP contribution in [0.25, 0.3) is 93.6 Å². The fraction of sp³-hybridized carbons (Fsp3) is 0.0233. The lowest BCUT2D eigenvalue weighted by atomic mass is 9.64. The topological polar surface area (TPSA) is 32.8 Å². The first-order valence-corrected chi connectivity index (χ1v) is 30.9. The first-order valence-electron chi connectivity index (χ1n) is 30.9. The number of rotatable bonds is 10. The van der Waals surface area contributed by atoms with E-state index in [2.05, 4.69) is 337 Å². The maximum absolute atomic E-state index is 7.16. The molecule has 2 heterocycles. The molecule has 0 amide bonds. The van der Waals surface area contributed by atoms with Crippen molar-refractivity contribution >= 4 is 105 Å². The van der Waals surface area contributed by atoms with Crippen molar-refractivity contribution in [2.24, 2.45) is 0 Å². The van der Waals surface area contributed by atoms with Gasteiger partial charge in [0.05, 0.1) is 16.8 Å². The average Bonchev–Trinajstić information content (AvgIpc) is 1.52. The number of hydrogen-bond acceptors (Lipinski definition) is 4. The first-order chi connectivity index (χ1) is 44.6. The van der Waals surface area contributed by atoms with E-state index in [9.17, 15) is 0 Å². The molecule has 4 nitrogen and oxygen atoms in total. The summed E-state index contributed by atoms with van der Waals surface area (Å²) in [4.78, 5) is 4.71. The lowest BCUT2D eigenvalue weighted by Gasteiger charge is -2.37. The van der Waals surface area contributed by atoms with Crippen LogP contribution in [-0.4, -0.2) is 0 Å². The third-order valence-electron chi connectivity index (χ3n) is 18.5. The number of fused-ring (bicyclic) bond motifs is 11. The molecule has 2 aliphatic carbocycles. The molecule has 2 aromatic heterocycles. The standard InChI is InChI=1S/C86H58N2O2/c1-57-27-9-2-22-40-70-77-54-60-49-50-66(87(64-36-18-7-19-37-64)79-47-25-45-74-72-43-23-41-68(82(72)89-84(74)79)58-28-10-3-11-29-58)53-61(60)55-78(77)86(62-32-14-5-15-33-62,63-34-16-6-17-35-63)81(70)71-52-51-67(56-76(57)71)88(65-38-20-8-21-39-65)80-48-26-46-75-73-44-24-42-69(83(73)90-85(75)80)59-30-12-4-13-31-59/h2-39,41-56H,1,40H2/b22-2-,27-9-. The van der Waals surface area contributed by atoms with Gasteiger partial charge in [-0.25, -0.2) is 0 Å². The largest absolute Gasteiger partial charge is 0.453 e. The van der Waals surface area contributed by atoms with Crippen LogP contribution < -0.4 is 9.80 Å². The Kier molecular flexibility index (Phi) is 12.6. The molecule has 13 aromatic carbocycles. The number of nitrogens with zero attached hydrogens (tertiary/aromatic N) is 2. The Hall–Kier alpha value is -11.7. The molecule has 2 aliphatic rings. The molecule has 0 spiro atoms. The highest BCUT2D eigenvalue weighted by molar-refractivity contribution is 6.16. The summed E-state index contributed by atoms with van der Waals surface area (Å²) in [5, 5.41) is 6.57. The summed E-state index contributed by atoms with van der Waals surface area (Å²) in [6.45, 7) is 4.93. The number of allylic oxidation sites excluding steroid dienone is 7. The number of anilines is 6. The van der Waals surface area contributed by atoms with E-state index in [0.717, 1.165) is 128 Å². The Balaban J connectivity index is 0.879. The minimum atomic E-state index is -0.782. The van der Waals surface area contributed by atoms with Crippen LogP contribution in [0, 0.1) is 0 Å². The van der Waals surface area contributed by atoms with Crippen LogP contribution in [0.4, 0.5) is 34.1 Å². The molecule has 0 atom stereocenters. The Morgan fingerprint density at radius 1 is 0.333 bits per heavy atom. The Bertz CT molecular complexity index is 5350. The van der Waals surface area contributed by atoms with Crippen molar-refractivity contribution in [1.82, 2.24) is 0 Å². The number of furan rings is 2. The first kappa shape index (κ1) is 52.6. The summed E-state index contributed by atoms with van der Waals surface area (Å²) >= 11 is 0. The van der Waals surface area contributed by atoms with Crippen molar-refractivity contribution in [3.8, 4) is 22.3 Å². The minimum Gasteiger partial charge on any atom is -0.453 e. The van der Waals surface area contributed by atoms with Gasteiger partial charge in [0.15, 0.2) is 11.2 Å². The number of benzene rings is 13. The van der Waals surface area contributed by atoms with Gasteiger partial charge < -0.3 is 18.6 Å². The molecule has 90 heavy (non-hydrogen) atoms. The highest BCUT2D eigenvalue weighted by atomic mass is 16.3. The molecule has 17 rings (SSSR count). The summed E-state index contributed by atoms with van der Waals surface area (Å²) < 4.78 is 14.3. The molecule has 15 aromatic rings. The predicted octanol–water partition coefficient (Wildman–Crippen LogP) is 23.7. The summed E-state index contributed by atoms with van der Waals surface area (Å²) in [6, 6.07) is 110. The molecule has 0 unspecified atom stereocenters. The molecule has 0 N–H and O–H groups in total. The summed E-state index contributed by atoms with van der Waals surface area (Å²) in [7, 11) is 0. The number of para-hydroxylation sites is 6. The van der Waals surface area contributed by atoms with E-state index in [4.69, 9.17) is 15.4 Å².